The van der Waals surface area contributed by atoms with E-state index in [1.165, 1.54) is 18.1 Å². The number of amides is 2. The molecule has 2 N–H and O–H groups in total. The highest BCUT2D eigenvalue weighted by Crippen LogP contribution is 2.42. The molecule has 3 aliphatic rings. The number of hydrogen-bond acceptors (Lipinski definition) is 10. The van der Waals surface area contributed by atoms with Gasteiger partial charge in [-0.25, -0.2) is 9.69 Å². The zero-order valence-electron chi connectivity index (χ0n) is 29.3. The second-order valence-electron chi connectivity index (χ2n) is 14.1. The van der Waals surface area contributed by atoms with Crippen LogP contribution in [0.2, 0.25) is 10.0 Å². The lowest BCUT2D eigenvalue weighted by Gasteiger charge is -2.42. The van der Waals surface area contributed by atoms with Gasteiger partial charge in [0.15, 0.2) is 0 Å². The number of carboxylic acid groups (broad SMARTS) is 1. The van der Waals surface area contributed by atoms with Gasteiger partial charge in [-0.1, -0.05) is 35.3 Å². The van der Waals surface area contributed by atoms with E-state index < -0.39 is 22.8 Å². The van der Waals surface area contributed by atoms with Crippen molar-refractivity contribution in [1.29, 1.82) is 0 Å². The summed E-state index contributed by atoms with van der Waals surface area (Å²) in [5.41, 5.74) is 4.59. The van der Waals surface area contributed by atoms with Crippen molar-refractivity contribution in [3.8, 4) is 11.4 Å². The van der Waals surface area contributed by atoms with Crippen LogP contribution < -0.4 is 10.2 Å². The number of hydrogen-bond donors (Lipinski definition) is 2. The van der Waals surface area contributed by atoms with Gasteiger partial charge in [0.2, 0.25) is 5.91 Å². The maximum absolute atomic E-state index is 14.2. The minimum Gasteiger partial charge on any atom is -0.496 e. The van der Waals surface area contributed by atoms with Crippen LogP contribution >= 0.6 is 23.2 Å². The van der Waals surface area contributed by atoms with Gasteiger partial charge in [0, 0.05) is 37.4 Å². The van der Waals surface area contributed by atoms with Crippen LogP contribution in [-0.2, 0) is 20.4 Å². The summed E-state index contributed by atoms with van der Waals surface area (Å²) in [6.45, 7) is 3.48. The molecule has 7 rings (SSSR count). The molecule has 3 fully saturated rings. The van der Waals surface area contributed by atoms with E-state index in [1.807, 2.05) is 29.2 Å². The number of likely N-dealkylation sites (tertiary alicyclic amines) is 2. The summed E-state index contributed by atoms with van der Waals surface area (Å²) >= 11 is 12.9. The molecule has 0 radical (unpaired) electrons. The van der Waals surface area contributed by atoms with Crippen molar-refractivity contribution < 1.29 is 24.2 Å². The predicted molar refractivity (Wildman–Crippen MR) is 196 cm³/mol. The molecular weight excluding hydrogens is 721 g/mol. The molecule has 0 spiro atoms. The van der Waals surface area contributed by atoms with E-state index in [1.54, 1.807) is 41.7 Å². The van der Waals surface area contributed by atoms with Crippen LogP contribution in [0.5, 0.6) is 5.75 Å². The molecule has 2 aromatic carbocycles. The molecule has 2 unspecified atom stereocenters. The minimum absolute atomic E-state index is 0.160. The highest BCUT2D eigenvalue weighted by Gasteiger charge is 2.47. The lowest BCUT2D eigenvalue weighted by atomic mass is 9.72. The Morgan fingerprint density at radius 2 is 1.83 bits per heavy atom. The van der Waals surface area contributed by atoms with Crippen LogP contribution in [-0.4, -0.2) is 115 Å². The van der Waals surface area contributed by atoms with Gasteiger partial charge < -0.3 is 19.6 Å². The molecule has 53 heavy (non-hydrogen) atoms. The van der Waals surface area contributed by atoms with Crippen LogP contribution in [0.1, 0.15) is 60.0 Å². The summed E-state index contributed by atoms with van der Waals surface area (Å²) in [5, 5.41) is 23.6. The molecule has 0 aliphatic carbocycles. The molecule has 0 saturated carbocycles. The fourth-order valence-electron chi connectivity index (χ4n) is 8.13. The van der Waals surface area contributed by atoms with Crippen LogP contribution in [0.4, 0.5) is 0 Å². The highest BCUT2D eigenvalue weighted by molar-refractivity contribution is 6.42. The molecule has 2 atom stereocenters. The van der Waals surface area contributed by atoms with Gasteiger partial charge >= 0.3 is 5.97 Å². The number of rotatable bonds is 11. The minimum atomic E-state index is -0.937. The molecule has 3 saturated heterocycles. The highest BCUT2D eigenvalue weighted by atomic mass is 35.5. The number of methoxy groups -OCH3 is 1. The number of hydrazine groups is 1. The summed E-state index contributed by atoms with van der Waals surface area (Å²) < 4.78 is 7.09. The first kappa shape index (κ1) is 36.7. The summed E-state index contributed by atoms with van der Waals surface area (Å²) in [6.07, 6.45) is 8.62. The number of benzene rings is 2. The summed E-state index contributed by atoms with van der Waals surface area (Å²) in [5.74, 6) is -0.841. The third-order valence-electron chi connectivity index (χ3n) is 11.2. The summed E-state index contributed by atoms with van der Waals surface area (Å²) in [4.78, 5) is 48.7. The van der Waals surface area contributed by atoms with Gasteiger partial charge in [0.1, 0.15) is 18.1 Å². The zero-order chi connectivity index (χ0) is 37.2. The molecule has 2 aromatic heterocycles. The van der Waals surface area contributed by atoms with Crippen molar-refractivity contribution in [2.45, 2.75) is 55.4 Å². The average molecular weight is 763 g/mol. The largest absolute Gasteiger partial charge is 0.496 e. The average Bonchev–Trinajstić information content (AvgIpc) is 3.98. The number of carbonyl (C=O) groups is 3. The lowest BCUT2D eigenvalue weighted by molar-refractivity contribution is -0.145. The van der Waals surface area contributed by atoms with Gasteiger partial charge in [-0.2, -0.15) is 0 Å². The summed E-state index contributed by atoms with van der Waals surface area (Å²) in [7, 11) is 1.54. The predicted octanol–water partition coefficient (Wildman–Crippen LogP) is 4.16. The first-order valence-electron chi connectivity index (χ1n) is 17.7. The van der Waals surface area contributed by atoms with Crippen molar-refractivity contribution in [3.63, 3.8) is 0 Å². The maximum Gasteiger partial charge on any atom is 0.322 e. The van der Waals surface area contributed by atoms with E-state index in [2.05, 4.69) is 30.8 Å². The molecule has 5 heterocycles. The van der Waals surface area contributed by atoms with Gasteiger partial charge in [0.05, 0.1) is 33.8 Å². The first-order chi connectivity index (χ1) is 25.6. The van der Waals surface area contributed by atoms with Gasteiger partial charge in [-0.05, 0) is 116 Å². The number of aliphatic carboxylic acids is 1. The summed E-state index contributed by atoms with van der Waals surface area (Å²) in [6, 6.07) is 14.0. The number of nitrogens with zero attached hydrogens (tertiary/aromatic N) is 8. The van der Waals surface area contributed by atoms with Gasteiger partial charge in [-0.15, -0.1) is 5.10 Å². The second kappa shape index (κ2) is 15.4. The maximum atomic E-state index is 14.2. The second-order valence-corrected chi connectivity index (χ2v) is 14.9. The third kappa shape index (κ3) is 7.33. The van der Waals surface area contributed by atoms with E-state index in [-0.39, 0.29) is 11.8 Å². The molecule has 16 heteroatoms. The van der Waals surface area contributed by atoms with Crippen molar-refractivity contribution in [2.75, 3.05) is 46.4 Å². The van der Waals surface area contributed by atoms with Crippen molar-refractivity contribution in [3.05, 3.63) is 94.0 Å². The Bertz CT molecular complexity index is 1960. The Hall–Kier alpha value is -4.63. The fourth-order valence-corrected chi connectivity index (χ4v) is 8.43. The Kier molecular flexibility index (Phi) is 10.7. The number of halogens is 2. The quantitative estimate of drug-likeness (QED) is 0.226. The van der Waals surface area contributed by atoms with Crippen molar-refractivity contribution in [2.24, 2.45) is 0 Å². The van der Waals surface area contributed by atoms with Gasteiger partial charge in [-0.3, -0.25) is 24.8 Å². The fraction of sp³-hybridized carbons (Fsp3) is 0.432. The topological polar surface area (TPSA) is 159 Å². The van der Waals surface area contributed by atoms with E-state index in [0.717, 1.165) is 24.1 Å². The molecule has 4 aromatic rings. The Labute approximate surface area is 317 Å². The SMILES string of the molecule is COc1ccc(-n2cnnn2)cc1C(=O)N1CCC(CCN2CCC(C(=O)NN3CCCC3C(=O)O)(c3cccnc3)CC2)(c2ccc(Cl)c(Cl)c2)C1. The van der Waals surface area contributed by atoms with E-state index in [0.29, 0.717) is 91.9 Å². The Morgan fingerprint density at radius 3 is 2.53 bits per heavy atom. The Morgan fingerprint density at radius 1 is 1.00 bits per heavy atom. The smallest absolute Gasteiger partial charge is 0.322 e. The molecule has 278 valence electrons. The molecular formula is C37H41Cl2N9O5. The third-order valence-corrected chi connectivity index (χ3v) is 12.0. The van der Waals surface area contributed by atoms with E-state index >= 15 is 0 Å². The number of carboxylic acids is 1. The zero-order valence-corrected chi connectivity index (χ0v) is 30.8. The van der Waals surface area contributed by atoms with Crippen LogP contribution in [0.15, 0.2) is 67.3 Å². The van der Waals surface area contributed by atoms with Crippen molar-refractivity contribution >= 4 is 41.0 Å². The monoisotopic (exact) mass is 761 g/mol. The lowest BCUT2D eigenvalue weighted by Crippen LogP contribution is -2.57. The van der Waals surface area contributed by atoms with Gasteiger partial charge in [0.25, 0.3) is 5.91 Å². The molecule has 3 aliphatic heterocycles. The number of piperidine rings is 1. The van der Waals surface area contributed by atoms with E-state index in [9.17, 15) is 19.5 Å². The van der Waals surface area contributed by atoms with Crippen molar-refractivity contribution in [1.82, 2.24) is 45.4 Å². The number of pyridine rings is 1. The number of carbonyl (C=O) groups excluding carboxylic acids is 2. The number of nitrogens with one attached hydrogen (secondary N) is 1. The molecule has 0 bridgehead atoms. The van der Waals surface area contributed by atoms with Crippen LogP contribution in [0.25, 0.3) is 5.69 Å². The molecule has 2 amide bonds. The Balaban J connectivity index is 1.09. The number of aromatic nitrogens is 5. The number of ether oxygens (including phenoxy) is 1. The normalized spacial score (nSPS) is 21.8. The standard InChI is InChI=1S/C37H41Cl2N9O5/c1-53-32-9-7-27(48-24-41-43-44-48)21-28(32)33(49)46-19-11-36(23-46,25-6-8-29(38)30(39)20-25)10-16-45-17-12-37(13-18-45,26-4-2-14-40-22-26)35(52)42-47-15-3-5-31(47)34(50)51/h2,4,6-9,14,20-22,24,31H,3,5,10-13,15-19,23H2,1H3,(H,42,52)(H,50,51). The van der Waals surface area contributed by atoms with Crippen LogP contribution in [0, 0.1) is 0 Å². The number of tetrazole rings is 1. The first-order valence-corrected chi connectivity index (χ1v) is 18.5. The van der Waals surface area contributed by atoms with Crippen LogP contribution in [0.3, 0.4) is 0 Å². The van der Waals surface area contributed by atoms with E-state index in [4.69, 9.17) is 27.9 Å². The molecule has 14 nitrogen and oxygen atoms in total.